The van der Waals surface area contributed by atoms with Gasteiger partial charge < -0.3 is 0 Å². The molecule has 4 nitrogen and oxygen atoms in total. The summed E-state index contributed by atoms with van der Waals surface area (Å²) in [6.45, 7) is 0. The van der Waals surface area contributed by atoms with Crippen molar-refractivity contribution in [2.24, 2.45) is 0 Å². The van der Waals surface area contributed by atoms with Crippen molar-refractivity contribution in [3.8, 4) is 118 Å². The minimum Gasteiger partial charge on any atom is -0.208 e. The number of hydrogen-bond donors (Lipinski definition) is 0. The second-order valence-electron chi connectivity index (χ2n) is 18.9. The molecule has 13 aromatic rings. The number of nitriles is 1. The van der Waals surface area contributed by atoms with Gasteiger partial charge in [-0.1, -0.05) is 231 Å². The third-order valence-electron chi connectivity index (χ3n) is 14.7. The molecule has 0 saturated heterocycles. The lowest BCUT2D eigenvalue weighted by molar-refractivity contribution is 1.07. The van der Waals surface area contributed by atoms with E-state index in [0.29, 0.717) is 23.0 Å². The molecule has 342 valence electrons. The molecule has 0 radical (unpaired) electrons. The number of benzene rings is 12. The number of hydrogen-bond acceptors (Lipinski definition) is 4. The van der Waals surface area contributed by atoms with Gasteiger partial charge in [0.25, 0.3) is 0 Å². The van der Waals surface area contributed by atoms with Crippen LogP contribution in [0.2, 0.25) is 0 Å². The van der Waals surface area contributed by atoms with Gasteiger partial charge in [0.2, 0.25) is 0 Å². The fraction of sp³-hybridized carbons (Fsp3) is 0. The van der Waals surface area contributed by atoms with Gasteiger partial charge in [0, 0.05) is 22.3 Å². The lowest BCUT2D eigenvalue weighted by Crippen LogP contribution is -2.02. The molecule has 0 unspecified atom stereocenters. The van der Waals surface area contributed by atoms with Gasteiger partial charge >= 0.3 is 0 Å². The van der Waals surface area contributed by atoms with Crippen molar-refractivity contribution in [2.45, 2.75) is 0 Å². The van der Waals surface area contributed by atoms with Crippen LogP contribution in [0.3, 0.4) is 0 Å². The normalized spacial score (nSPS) is 11.5. The van der Waals surface area contributed by atoms with Crippen molar-refractivity contribution < 1.29 is 0 Å². The minimum atomic E-state index is 0.522. The van der Waals surface area contributed by atoms with Crippen molar-refractivity contribution >= 4 is 32.3 Å². The van der Waals surface area contributed by atoms with E-state index in [-0.39, 0.29) is 0 Å². The van der Waals surface area contributed by atoms with Crippen LogP contribution >= 0.6 is 0 Å². The topological polar surface area (TPSA) is 62.5 Å². The van der Waals surface area contributed by atoms with Crippen LogP contribution in [0.25, 0.3) is 144 Å². The molecule has 1 heterocycles. The maximum absolute atomic E-state index is 10.9. The molecule has 0 spiro atoms. The molecule has 4 heteroatoms. The van der Waals surface area contributed by atoms with E-state index in [2.05, 4.69) is 200 Å². The van der Waals surface area contributed by atoms with Crippen LogP contribution in [-0.2, 0) is 0 Å². The summed E-state index contributed by atoms with van der Waals surface area (Å²) >= 11 is 0. The quantitative estimate of drug-likeness (QED) is 0.142. The summed E-state index contributed by atoms with van der Waals surface area (Å²) in [5.41, 5.74) is 18.8. The number of nitrogens with zero attached hydrogens (tertiary/aromatic N) is 4. The summed E-state index contributed by atoms with van der Waals surface area (Å²) in [7, 11) is 0. The van der Waals surface area contributed by atoms with Gasteiger partial charge in [-0.05, 0) is 129 Å². The van der Waals surface area contributed by atoms with E-state index in [1.165, 1.54) is 65.9 Å². The molecule has 1 aliphatic carbocycles. The lowest BCUT2D eigenvalue weighted by atomic mass is 9.90. The predicted octanol–water partition coefficient (Wildman–Crippen LogP) is 18.2. The van der Waals surface area contributed by atoms with Crippen LogP contribution in [0.1, 0.15) is 5.56 Å². The first-order valence-electron chi connectivity index (χ1n) is 25.0. The van der Waals surface area contributed by atoms with Crippen LogP contribution in [0, 0.1) is 11.3 Å². The Hall–Kier alpha value is -10.1. The van der Waals surface area contributed by atoms with E-state index < -0.39 is 0 Å². The first-order valence-corrected chi connectivity index (χ1v) is 25.0. The van der Waals surface area contributed by atoms with Crippen LogP contribution in [0.15, 0.2) is 255 Å². The van der Waals surface area contributed by atoms with Crippen LogP contribution < -0.4 is 0 Å². The lowest BCUT2D eigenvalue weighted by Gasteiger charge is -2.16. The van der Waals surface area contributed by atoms with Crippen LogP contribution in [0.5, 0.6) is 0 Å². The summed E-state index contributed by atoms with van der Waals surface area (Å²) in [5, 5.41) is 18.2. The highest BCUT2D eigenvalue weighted by atomic mass is 15.0. The van der Waals surface area contributed by atoms with Crippen molar-refractivity contribution in [3.05, 3.63) is 260 Å². The Bertz CT molecular complexity index is 4430. The zero-order valence-electron chi connectivity index (χ0n) is 40.0. The Labute approximate surface area is 428 Å². The second-order valence-corrected chi connectivity index (χ2v) is 18.9. The third kappa shape index (κ3) is 7.18. The van der Waals surface area contributed by atoms with E-state index >= 15 is 0 Å². The Balaban J connectivity index is 0.834. The summed E-state index contributed by atoms with van der Waals surface area (Å²) < 4.78 is 0. The molecule has 1 aromatic heterocycles. The maximum Gasteiger partial charge on any atom is 0.164 e. The molecule has 0 amide bonds. The third-order valence-corrected chi connectivity index (χ3v) is 14.7. The molecule has 0 bridgehead atoms. The highest BCUT2D eigenvalue weighted by molar-refractivity contribution is 6.17. The van der Waals surface area contributed by atoms with E-state index in [9.17, 15) is 5.26 Å². The van der Waals surface area contributed by atoms with Crippen LogP contribution in [0.4, 0.5) is 0 Å². The Kier molecular flexibility index (Phi) is 10.2. The Morgan fingerprint density at radius 2 is 0.730 bits per heavy atom. The van der Waals surface area contributed by atoms with Gasteiger partial charge in [-0.15, -0.1) is 0 Å². The SMILES string of the molecule is N#Cc1cc(-c2ccc(-c3ccccc3-c3cc4c5c(cccc5c3)-c3ccccc3-4)cc2)ccc1-c1ccccc1-c1nc(-c2ccccc2)nc(-c2ccccc2-c2cc3ccccc3c3ccccc23)n1. The zero-order valence-corrected chi connectivity index (χ0v) is 40.0. The molecule has 14 rings (SSSR count). The largest absolute Gasteiger partial charge is 0.208 e. The molecular formula is C70H42N4. The maximum atomic E-state index is 10.9. The summed E-state index contributed by atoms with van der Waals surface area (Å²) in [4.78, 5) is 15.7. The fourth-order valence-electron chi connectivity index (χ4n) is 11.3. The molecule has 0 atom stereocenters. The summed E-state index contributed by atoms with van der Waals surface area (Å²) in [6.07, 6.45) is 0. The Morgan fingerprint density at radius 3 is 1.42 bits per heavy atom. The van der Waals surface area contributed by atoms with E-state index in [1.54, 1.807) is 0 Å². The van der Waals surface area contributed by atoms with Gasteiger partial charge in [0.05, 0.1) is 11.6 Å². The molecular weight excluding hydrogens is 897 g/mol. The molecule has 74 heavy (non-hydrogen) atoms. The minimum absolute atomic E-state index is 0.522. The highest BCUT2D eigenvalue weighted by Gasteiger charge is 2.24. The van der Waals surface area contributed by atoms with Crippen molar-refractivity contribution in [1.29, 1.82) is 5.26 Å². The van der Waals surface area contributed by atoms with Crippen molar-refractivity contribution in [3.63, 3.8) is 0 Å². The molecule has 0 fully saturated rings. The monoisotopic (exact) mass is 938 g/mol. The first kappa shape index (κ1) is 42.8. The Morgan fingerprint density at radius 1 is 0.243 bits per heavy atom. The van der Waals surface area contributed by atoms with E-state index in [1.807, 2.05) is 60.7 Å². The van der Waals surface area contributed by atoms with Gasteiger partial charge in [0.15, 0.2) is 17.5 Å². The number of fused-ring (bicyclic) bond motifs is 6. The van der Waals surface area contributed by atoms with Crippen molar-refractivity contribution in [1.82, 2.24) is 15.0 Å². The summed E-state index contributed by atoms with van der Waals surface area (Å²) in [5.74, 6) is 1.65. The molecule has 0 N–H and O–H groups in total. The number of rotatable bonds is 8. The molecule has 1 aliphatic rings. The zero-order chi connectivity index (χ0) is 49.1. The average Bonchev–Trinajstić information content (AvgIpc) is 3.81. The van der Waals surface area contributed by atoms with E-state index in [0.717, 1.165) is 61.0 Å². The molecule has 0 saturated carbocycles. The summed E-state index contributed by atoms with van der Waals surface area (Å²) in [6, 6.07) is 92.2. The first-order chi connectivity index (χ1) is 36.6. The number of aromatic nitrogens is 3. The molecule has 12 aromatic carbocycles. The fourth-order valence-corrected chi connectivity index (χ4v) is 11.3. The van der Waals surface area contributed by atoms with Gasteiger partial charge in [-0.3, -0.25) is 0 Å². The van der Waals surface area contributed by atoms with Gasteiger partial charge in [-0.2, -0.15) is 5.26 Å². The van der Waals surface area contributed by atoms with Gasteiger partial charge in [0.1, 0.15) is 0 Å². The highest BCUT2D eigenvalue weighted by Crippen LogP contribution is 2.49. The molecule has 0 aliphatic heterocycles. The smallest absolute Gasteiger partial charge is 0.164 e. The second kappa shape index (κ2) is 17.6. The van der Waals surface area contributed by atoms with Crippen LogP contribution in [-0.4, -0.2) is 15.0 Å². The van der Waals surface area contributed by atoms with Gasteiger partial charge in [-0.25, -0.2) is 15.0 Å². The van der Waals surface area contributed by atoms with E-state index in [4.69, 9.17) is 15.0 Å². The standard InChI is InChI=1S/C70H42N4/c71-43-51-39-47(44-33-35-45(36-34-44)52-21-6-7-23-54(52)50-40-49-20-16-32-62-58-26-9-11-28-60(58)66(42-50)67(49)62)37-38-55(51)57-25-12-14-30-63(57)69-72-68(46-17-2-1-3-18-46)73-70(74-69)64-31-15-13-29-61(64)65-41-48-19-4-5-22-53(48)56-24-8-10-27-59(56)65/h1-42H. The average molecular weight is 939 g/mol. The predicted molar refractivity (Wildman–Crippen MR) is 305 cm³/mol. The van der Waals surface area contributed by atoms with Crippen molar-refractivity contribution in [2.75, 3.05) is 0 Å².